The number of nitrogens with zero attached hydrogens (tertiary/aromatic N) is 2. The summed E-state index contributed by atoms with van der Waals surface area (Å²) in [7, 11) is 1.42. The Balaban J connectivity index is 1.72. The van der Waals surface area contributed by atoms with E-state index in [9.17, 15) is 27.2 Å². The van der Waals surface area contributed by atoms with E-state index in [-0.39, 0.29) is 17.3 Å². The van der Waals surface area contributed by atoms with Crippen molar-refractivity contribution in [3.8, 4) is 0 Å². The van der Waals surface area contributed by atoms with E-state index in [1.807, 2.05) is 0 Å². The Morgan fingerprint density at radius 1 is 1.23 bits per heavy atom. The lowest BCUT2D eigenvalue weighted by Gasteiger charge is -2.11. The van der Waals surface area contributed by atoms with E-state index >= 15 is 0 Å². The molecular weight excluding hydrogens is 446 g/mol. The van der Waals surface area contributed by atoms with Gasteiger partial charge in [0.1, 0.15) is 11.1 Å². The Bertz CT molecular complexity index is 1010. The predicted molar refractivity (Wildman–Crippen MR) is 107 cm³/mol. The highest BCUT2D eigenvalue weighted by molar-refractivity contribution is 8.15. The van der Waals surface area contributed by atoms with Crippen molar-refractivity contribution < 1.29 is 27.2 Å². The Labute approximate surface area is 178 Å². The van der Waals surface area contributed by atoms with Gasteiger partial charge in [0.2, 0.25) is 11.8 Å². The number of amides is 2. The van der Waals surface area contributed by atoms with E-state index in [1.54, 1.807) is 0 Å². The number of benzene rings is 2. The monoisotopic (exact) mass is 459 g/mol. The van der Waals surface area contributed by atoms with Crippen molar-refractivity contribution in [3.05, 3.63) is 58.9 Å². The van der Waals surface area contributed by atoms with Gasteiger partial charge in [0.05, 0.1) is 16.3 Å². The van der Waals surface area contributed by atoms with Crippen LogP contribution in [0.15, 0.2) is 47.5 Å². The molecule has 2 aromatic carbocycles. The highest BCUT2D eigenvalue weighted by Crippen LogP contribution is 2.38. The Kier molecular flexibility index (Phi) is 6.37. The lowest BCUT2D eigenvalue weighted by atomic mass is 10.2. The predicted octanol–water partition coefficient (Wildman–Crippen LogP) is 5.09. The van der Waals surface area contributed by atoms with Gasteiger partial charge in [-0.3, -0.25) is 14.5 Å². The Morgan fingerprint density at radius 2 is 1.90 bits per heavy atom. The number of rotatable bonds is 4. The molecule has 1 N–H and O–H groups in total. The van der Waals surface area contributed by atoms with E-state index in [1.165, 1.54) is 42.3 Å². The van der Waals surface area contributed by atoms with Crippen LogP contribution in [0.25, 0.3) is 0 Å². The molecule has 1 unspecified atom stereocenters. The summed E-state index contributed by atoms with van der Waals surface area (Å²) in [6.07, 6.45) is -4.82. The molecule has 2 aromatic rings. The maximum absolute atomic E-state index is 13.0. The summed E-state index contributed by atoms with van der Waals surface area (Å²) in [5.41, 5.74) is -0.677. The average molecular weight is 460 g/mol. The van der Waals surface area contributed by atoms with Crippen molar-refractivity contribution >= 4 is 51.7 Å². The first-order valence-corrected chi connectivity index (χ1v) is 9.75. The van der Waals surface area contributed by atoms with Gasteiger partial charge in [0.15, 0.2) is 5.17 Å². The van der Waals surface area contributed by atoms with E-state index < -0.39 is 39.6 Å². The van der Waals surface area contributed by atoms with Gasteiger partial charge >= 0.3 is 6.18 Å². The fourth-order valence-corrected chi connectivity index (χ4v) is 4.00. The number of alkyl halides is 3. The number of carbonyl (C=O) groups is 2. The van der Waals surface area contributed by atoms with Gasteiger partial charge in [-0.2, -0.15) is 13.2 Å². The summed E-state index contributed by atoms with van der Waals surface area (Å²) in [4.78, 5) is 29.9. The average Bonchev–Trinajstić information content (AvgIpc) is 2.92. The molecule has 0 bridgehead atoms. The number of hydrogen-bond donors (Lipinski definition) is 1. The molecule has 1 saturated heterocycles. The summed E-state index contributed by atoms with van der Waals surface area (Å²) in [5.74, 6) is -1.32. The molecule has 0 aromatic heterocycles. The molecule has 3 rings (SSSR count). The van der Waals surface area contributed by atoms with Gasteiger partial charge in [-0.25, -0.2) is 9.38 Å². The van der Waals surface area contributed by atoms with Crippen LogP contribution in [0.1, 0.15) is 12.0 Å². The number of halogens is 5. The minimum absolute atomic E-state index is 0.0229. The summed E-state index contributed by atoms with van der Waals surface area (Å²) < 4.78 is 52.0. The minimum Gasteiger partial charge on any atom is -0.326 e. The number of carbonyl (C=O) groups excluding carboxylic acids is 2. The molecular formula is C19H14ClF4N3O2S. The number of amidine groups is 1. The van der Waals surface area contributed by atoms with Gasteiger partial charge in [-0.1, -0.05) is 23.4 Å². The van der Waals surface area contributed by atoms with Crippen LogP contribution in [0.4, 0.5) is 28.9 Å². The minimum atomic E-state index is -4.64. The molecule has 0 aliphatic carbocycles. The highest BCUT2D eigenvalue weighted by Gasteiger charge is 2.37. The summed E-state index contributed by atoms with van der Waals surface area (Å²) in [5, 5.41) is 1.48. The molecule has 158 valence electrons. The van der Waals surface area contributed by atoms with Gasteiger partial charge in [-0.05, 0) is 42.5 Å². The van der Waals surface area contributed by atoms with Gasteiger partial charge in [0, 0.05) is 19.2 Å². The normalized spacial score (nSPS) is 18.2. The van der Waals surface area contributed by atoms with Crippen molar-refractivity contribution in [2.75, 3.05) is 12.4 Å². The van der Waals surface area contributed by atoms with Gasteiger partial charge < -0.3 is 5.32 Å². The maximum atomic E-state index is 13.0. The second kappa shape index (κ2) is 8.65. The van der Waals surface area contributed by atoms with Crippen molar-refractivity contribution in [2.24, 2.45) is 4.99 Å². The molecule has 30 heavy (non-hydrogen) atoms. The van der Waals surface area contributed by atoms with Crippen molar-refractivity contribution in [1.29, 1.82) is 0 Å². The maximum Gasteiger partial charge on any atom is 0.417 e. The lowest BCUT2D eigenvalue weighted by Crippen LogP contribution is -2.30. The quantitative estimate of drug-likeness (QED) is 0.648. The standard InChI is InChI=1S/C19H14ClF4N3O2S/c1-27-17(29)15(9-16(28)25-11-4-2-10(21)3-5-11)30-18(27)26-12-6-7-14(20)13(8-12)19(22,23)24/h2-8,15H,9H2,1H3,(H,25,28). The number of hydrogen-bond acceptors (Lipinski definition) is 4. The van der Waals surface area contributed by atoms with Crippen LogP contribution in [0.5, 0.6) is 0 Å². The number of aliphatic imine (C=N–C) groups is 1. The third-order valence-corrected chi connectivity index (χ3v) is 5.68. The zero-order valence-electron chi connectivity index (χ0n) is 15.3. The topological polar surface area (TPSA) is 61.8 Å². The molecule has 0 saturated carbocycles. The largest absolute Gasteiger partial charge is 0.417 e. The van der Waals surface area contributed by atoms with Crippen molar-refractivity contribution in [2.45, 2.75) is 17.8 Å². The molecule has 5 nitrogen and oxygen atoms in total. The van der Waals surface area contributed by atoms with E-state index in [0.29, 0.717) is 5.69 Å². The van der Waals surface area contributed by atoms with Crippen LogP contribution < -0.4 is 5.32 Å². The van der Waals surface area contributed by atoms with Gasteiger partial charge in [0.25, 0.3) is 0 Å². The van der Waals surface area contributed by atoms with Crippen LogP contribution in [-0.2, 0) is 15.8 Å². The Morgan fingerprint density at radius 3 is 2.53 bits per heavy atom. The van der Waals surface area contributed by atoms with E-state index in [2.05, 4.69) is 10.3 Å². The van der Waals surface area contributed by atoms with Crippen molar-refractivity contribution in [3.63, 3.8) is 0 Å². The summed E-state index contributed by atoms with van der Waals surface area (Å²) in [6.45, 7) is 0. The highest BCUT2D eigenvalue weighted by atomic mass is 35.5. The van der Waals surface area contributed by atoms with Crippen LogP contribution in [0, 0.1) is 5.82 Å². The third-order valence-electron chi connectivity index (χ3n) is 4.12. The van der Waals surface area contributed by atoms with Crippen LogP contribution in [-0.4, -0.2) is 34.2 Å². The molecule has 1 heterocycles. The van der Waals surface area contributed by atoms with Crippen LogP contribution >= 0.6 is 23.4 Å². The molecule has 0 radical (unpaired) electrons. The van der Waals surface area contributed by atoms with E-state index in [0.717, 1.165) is 23.9 Å². The zero-order chi connectivity index (χ0) is 22.1. The van der Waals surface area contributed by atoms with Gasteiger partial charge in [-0.15, -0.1) is 0 Å². The number of nitrogens with one attached hydrogen (secondary N) is 1. The first kappa shape index (κ1) is 22.1. The first-order valence-electron chi connectivity index (χ1n) is 8.49. The zero-order valence-corrected chi connectivity index (χ0v) is 16.9. The Hall–Kier alpha value is -2.59. The molecule has 1 aliphatic rings. The molecule has 11 heteroatoms. The smallest absolute Gasteiger partial charge is 0.326 e. The molecule has 1 atom stereocenters. The fraction of sp³-hybridized carbons (Fsp3) is 0.211. The van der Waals surface area contributed by atoms with Crippen LogP contribution in [0.3, 0.4) is 0 Å². The second-order valence-electron chi connectivity index (χ2n) is 6.32. The number of anilines is 1. The summed E-state index contributed by atoms with van der Waals surface area (Å²) >= 11 is 6.57. The van der Waals surface area contributed by atoms with E-state index in [4.69, 9.17) is 11.6 Å². The molecule has 1 aliphatic heterocycles. The van der Waals surface area contributed by atoms with Crippen LogP contribution in [0.2, 0.25) is 5.02 Å². The molecule has 1 fully saturated rings. The first-order chi connectivity index (χ1) is 14.0. The van der Waals surface area contributed by atoms with Crippen molar-refractivity contribution in [1.82, 2.24) is 4.90 Å². The fourth-order valence-electron chi connectivity index (χ4n) is 2.62. The molecule has 0 spiro atoms. The lowest BCUT2D eigenvalue weighted by molar-refractivity contribution is -0.137. The summed E-state index contributed by atoms with van der Waals surface area (Å²) in [6, 6.07) is 8.32. The molecule has 2 amide bonds. The number of thioether (sulfide) groups is 1. The second-order valence-corrected chi connectivity index (χ2v) is 7.90. The third kappa shape index (κ3) is 5.11. The SMILES string of the molecule is CN1C(=O)C(CC(=O)Nc2ccc(F)cc2)SC1=Nc1ccc(Cl)c(C(F)(F)F)c1.